The van der Waals surface area contributed by atoms with E-state index in [0.717, 1.165) is 16.8 Å². The van der Waals surface area contributed by atoms with E-state index in [1.54, 1.807) is 12.3 Å². The molecule has 5 nitrogen and oxygen atoms in total. The predicted octanol–water partition coefficient (Wildman–Crippen LogP) is 3.19. The minimum absolute atomic E-state index is 0.435. The fourth-order valence-electron chi connectivity index (χ4n) is 1.84. The summed E-state index contributed by atoms with van der Waals surface area (Å²) in [5, 5.41) is 3.93. The summed E-state index contributed by atoms with van der Waals surface area (Å²) in [6.45, 7) is 1.99. The van der Waals surface area contributed by atoms with Gasteiger partial charge in [0.05, 0.1) is 0 Å². The van der Waals surface area contributed by atoms with Crippen LogP contribution in [0.25, 0.3) is 23.7 Å². The lowest BCUT2D eigenvalue weighted by molar-refractivity contribution is 0.411. The molecule has 0 saturated heterocycles. The molecule has 3 aromatic rings. The van der Waals surface area contributed by atoms with Gasteiger partial charge in [0.25, 0.3) is 5.89 Å². The van der Waals surface area contributed by atoms with Crippen LogP contribution in [-0.2, 0) is 0 Å². The number of rotatable bonds is 3. The normalized spacial score (nSPS) is 11.1. The summed E-state index contributed by atoms with van der Waals surface area (Å²) in [4.78, 5) is 8.53. The summed E-state index contributed by atoms with van der Waals surface area (Å²) < 4.78 is 5.19. The summed E-state index contributed by atoms with van der Waals surface area (Å²) >= 11 is 0. The zero-order valence-corrected chi connectivity index (χ0v) is 11.5. The standard InChI is InChI=1S/C16H14N4O/c1-11-8-9-18-14(10-11)16-19-15(21-20-16)7-4-12-2-5-13(17)6-3-12/h2-10H,17H2,1H3/b7-4+. The smallest absolute Gasteiger partial charge is 0.251 e. The highest BCUT2D eigenvalue weighted by Gasteiger charge is 2.07. The Balaban J connectivity index is 1.80. The number of nitrogens with zero attached hydrogens (tertiary/aromatic N) is 3. The summed E-state index contributed by atoms with van der Waals surface area (Å²) in [6, 6.07) is 11.4. The number of pyridine rings is 1. The maximum absolute atomic E-state index is 5.64. The minimum Gasteiger partial charge on any atom is -0.399 e. The van der Waals surface area contributed by atoms with Gasteiger partial charge in [-0.15, -0.1) is 0 Å². The van der Waals surface area contributed by atoms with Crippen molar-refractivity contribution in [2.45, 2.75) is 6.92 Å². The molecule has 0 amide bonds. The molecule has 0 atom stereocenters. The van der Waals surface area contributed by atoms with Crippen molar-refractivity contribution in [3.63, 3.8) is 0 Å². The monoisotopic (exact) mass is 278 g/mol. The van der Waals surface area contributed by atoms with Gasteiger partial charge < -0.3 is 10.3 Å². The average molecular weight is 278 g/mol. The highest BCUT2D eigenvalue weighted by molar-refractivity contribution is 5.67. The van der Waals surface area contributed by atoms with Gasteiger partial charge in [-0.3, -0.25) is 4.98 Å². The van der Waals surface area contributed by atoms with E-state index in [2.05, 4.69) is 15.1 Å². The van der Waals surface area contributed by atoms with Crippen LogP contribution < -0.4 is 5.73 Å². The van der Waals surface area contributed by atoms with Crippen LogP contribution in [-0.4, -0.2) is 15.1 Å². The Kier molecular flexibility index (Phi) is 3.47. The number of hydrogen-bond acceptors (Lipinski definition) is 5. The lowest BCUT2D eigenvalue weighted by Gasteiger charge is -1.94. The van der Waals surface area contributed by atoms with Crippen LogP contribution in [0.2, 0.25) is 0 Å². The summed E-state index contributed by atoms with van der Waals surface area (Å²) in [6.07, 6.45) is 5.38. The van der Waals surface area contributed by atoms with Crippen LogP contribution in [0.5, 0.6) is 0 Å². The van der Waals surface area contributed by atoms with Gasteiger partial charge in [0.15, 0.2) is 0 Å². The summed E-state index contributed by atoms with van der Waals surface area (Å²) in [5.74, 6) is 0.917. The molecule has 3 rings (SSSR count). The third-order valence-electron chi connectivity index (χ3n) is 2.94. The average Bonchev–Trinajstić information content (AvgIpc) is 2.96. The van der Waals surface area contributed by atoms with E-state index in [-0.39, 0.29) is 0 Å². The van der Waals surface area contributed by atoms with Crippen LogP contribution in [0.15, 0.2) is 47.1 Å². The Labute approximate surface area is 122 Å². The lowest BCUT2D eigenvalue weighted by Crippen LogP contribution is -1.86. The van der Waals surface area contributed by atoms with Crippen molar-refractivity contribution < 1.29 is 4.52 Å². The number of anilines is 1. The Bertz CT molecular complexity index is 775. The number of nitrogen functional groups attached to an aromatic ring is 1. The zero-order chi connectivity index (χ0) is 14.7. The fourth-order valence-corrected chi connectivity index (χ4v) is 1.84. The maximum atomic E-state index is 5.64. The van der Waals surface area contributed by atoms with Crippen molar-refractivity contribution >= 4 is 17.8 Å². The SMILES string of the molecule is Cc1ccnc(-c2noc(/C=C/c3ccc(N)cc3)n2)c1. The van der Waals surface area contributed by atoms with Crippen LogP contribution in [0, 0.1) is 6.92 Å². The first-order chi connectivity index (χ1) is 10.2. The van der Waals surface area contributed by atoms with Crippen molar-refractivity contribution in [1.29, 1.82) is 0 Å². The van der Waals surface area contributed by atoms with Crippen molar-refractivity contribution in [2.75, 3.05) is 5.73 Å². The van der Waals surface area contributed by atoms with E-state index in [1.807, 2.05) is 49.4 Å². The topological polar surface area (TPSA) is 77.8 Å². The number of benzene rings is 1. The molecule has 2 aromatic heterocycles. The Morgan fingerprint density at radius 3 is 2.67 bits per heavy atom. The minimum atomic E-state index is 0.435. The highest BCUT2D eigenvalue weighted by atomic mass is 16.5. The zero-order valence-electron chi connectivity index (χ0n) is 11.5. The van der Waals surface area contributed by atoms with Gasteiger partial charge in [0.1, 0.15) is 5.69 Å². The molecule has 0 bridgehead atoms. The maximum Gasteiger partial charge on any atom is 0.251 e. The Hall–Kier alpha value is -2.95. The molecule has 0 radical (unpaired) electrons. The number of aryl methyl sites for hydroxylation is 1. The molecule has 5 heteroatoms. The molecule has 1 aromatic carbocycles. The molecule has 21 heavy (non-hydrogen) atoms. The molecule has 0 unspecified atom stereocenters. The number of nitrogens with two attached hydrogens (primary N) is 1. The number of hydrogen-bond donors (Lipinski definition) is 1. The van der Waals surface area contributed by atoms with Crippen LogP contribution in [0.3, 0.4) is 0 Å². The van der Waals surface area contributed by atoms with E-state index in [4.69, 9.17) is 10.3 Å². The van der Waals surface area contributed by atoms with Crippen molar-refractivity contribution in [3.05, 3.63) is 59.6 Å². The molecule has 0 aliphatic rings. The van der Waals surface area contributed by atoms with Crippen molar-refractivity contribution in [1.82, 2.24) is 15.1 Å². The van der Waals surface area contributed by atoms with E-state index < -0.39 is 0 Å². The van der Waals surface area contributed by atoms with Crippen LogP contribution >= 0.6 is 0 Å². The van der Waals surface area contributed by atoms with Gasteiger partial charge in [-0.25, -0.2) is 0 Å². The second-order valence-electron chi connectivity index (χ2n) is 4.67. The number of aromatic nitrogens is 3. The molecular formula is C16H14N4O. The van der Waals surface area contributed by atoms with Crippen LogP contribution in [0.4, 0.5) is 5.69 Å². The van der Waals surface area contributed by atoms with Gasteiger partial charge in [-0.2, -0.15) is 4.98 Å². The molecule has 0 fully saturated rings. The second kappa shape index (κ2) is 5.58. The van der Waals surface area contributed by atoms with Gasteiger partial charge in [0.2, 0.25) is 5.82 Å². The molecule has 0 saturated carbocycles. The van der Waals surface area contributed by atoms with Crippen molar-refractivity contribution in [3.8, 4) is 11.5 Å². The lowest BCUT2D eigenvalue weighted by atomic mass is 10.2. The molecule has 0 spiro atoms. The van der Waals surface area contributed by atoms with Gasteiger partial charge >= 0.3 is 0 Å². The molecule has 104 valence electrons. The summed E-state index contributed by atoms with van der Waals surface area (Å²) in [5.41, 5.74) is 9.19. The second-order valence-corrected chi connectivity index (χ2v) is 4.67. The predicted molar refractivity (Wildman–Crippen MR) is 82.0 cm³/mol. The van der Waals surface area contributed by atoms with Crippen molar-refractivity contribution in [2.24, 2.45) is 0 Å². The van der Waals surface area contributed by atoms with Gasteiger partial charge in [0, 0.05) is 18.0 Å². The van der Waals surface area contributed by atoms with Gasteiger partial charge in [-0.1, -0.05) is 17.3 Å². The molecule has 2 N–H and O–H groups in total. The molecular weight excluding hydrogens is 264 g/mol. The molecule has 2 heterocycles. The fraction of sp³-hybridized carbons (Fsp3) is 0.0625. The van der Waals surface area contributed by atoms with Gasteiger partial charge in [-0.05, 0) is 48.4 Å². The molecule has 0 aliphatic heterocycles. The van der Waals surface area contributed by atoms with E-state index in [1.165, 1.54) is 0 Å². The highest BCUT2D eigenvalue weighted by Crippen LogP contribution is 2.15. The first-order valence-corrected chi connectivity index (χ1v) is 6.51. The first-order valence-electron chi connectivity index (χ1n) is 6.51. The Morgan fingerprint density at radius 2 is 1.90 bits per heavy atom. The summed E-state index contributed by atoms with van der Waals surface area (Å²) in [7, 11) is 0. The van der Waals surface area contributed by atoms with E-state index in [9.17, 15) is 0 Å². The first kappa shape index (κ1) is 13.1. The molecule has 0 aliphatic carbocycles. The quantitative estimate of drug-likeness (QED) is 0.744. The third kappa shape index (κ3) is 3.14. The largest absolute Gasteiger partial charge is 0.399 e. The van der Waals surface area contributed by atoms with E-state index >= 15 is 0 Å². The van der Waals surface area contributed by atoms with E-state index in [0.29, 0.717) is 17.4 Å². The van der Waals surface area contributed by atoms with Crippen LogP contribution in [0.1, 0.15) is 17.0 Å². The Morgan fingerprint density at radius 1 is 1.10 bits per heavy atom. The third-order valence-corrected chi connectivity index (χ3v) is 2.94.